The van der Waals surface area contributed by atoms with E-state index in [0.29, 0.717) is 0 Å². The molecule has 0 aliphatic heterocycles. The first-order valence-corrected chi connectivity index (χ1v) is 6.61. The third-order valence-electron chi connectivity index (χ3n) is 3.57. The van der Waals surface area contributed by atoms with Crippen LogP contribution in [0.15, 0.2) is 60.3 Å². The number of aromatic nitrogens is 1. The molecule has 18 heavy (non-hydrogen) atoms. The first-order valence-electron chi connectivity index (χ1n) is 6.61. The molecule has 0 bridgehead atoms. The highest BCUT2D eigenvalue weighted by atomic mass is 14.7. The summed E-state index contributed by atoms with van der Waals surface area (Å²) in [6.07, 6.45) is 9.12. The second-order valence-corrected chi connectivity index (χ2v) is 4.77. The lowest BCUT2D eigenvalue weighted by Crippen LogP contribution is -1.98. The summed E-state index contributed by atoms with van der Waals surface area (Å²) in [4.78, 5) is 4.46. The van der Waals surface area contributed by atoms with Gasteiger partial charge in [-0.25, -0.2) is 0 Å². The Morgan fingerprint density at radius 2 is 1.78 bits per heavy atom. The Bertz CT molecular complexity index is 555. The number of nitrogens with zero attached hydrogens (tertiary/aromatic N) is 1. The number of hydrogen-bond acceptors (Lipinski definition) is 1. The molecule has 1 aliphatic rings. The van der Waals surface area contributed by atoms with Gasteiger partial charge in [-0.05, 0) is 43.4 Å². The van der Waals surface area contributed by atoms with Crippen molar-refractivity contribution in [3.05, 3.63) is 65.9 Å². The molecule has 1 aromatic carbocycles. The molecule has 0 atom stereocenters. The SMILES string of the molecule is C1=C(CCc2ccccc2-c2ccccn2)CC1. The lowest BCUT2D eigenvalue weighted by atomic mass is 9.91. The third kappa shape index (κ3) is 2.35. The van der Waals surface area contributed by atoms with E-state index in [-0.39, 0.29) is 0 Å². The topological polar surface area (TPSA) is 12.9 Å². The average molecular weight is 235 g/mol. The van der Waals surface area contributed by atoms with Gasteiger partial charge in [-0.15, -0.1) is 0 Å². The molecular formula is C17H17N. The molecule has 1 heterocycles. The zero-order valence-corrected chi connectivity index (χ0v) is 10.5. The number of rotatable bonds is 4. The molecule has 0 saturated heterocycles. The van der Waals surface area contributed by atoms with Crippen molar-refractivity contribution in [2.75, 3.05) is 0 Å². The highest BCUT2D eigenvalue weighted by Crippen LogP contribution is 2.27. The summed E-state index contributed by atoms with van der Waals surface area (Å²) in [6, 6.07) is 14.7. The van der Waals surface area contributed by atoms with Crippen molar-refractivity contribution in [3.8, 4) is 11.3 Å². The Kier molecular flexibility index (Phi) is 3.22. The normalized spacial score (nSPS) is 13.9. The van der Waals surface area contributed by atoms with Crippen molar-refractivity contribution >= 4 is 0 Å². The lowest BCUT2D eigenvalue weighted by Gasteiger charge is -2.15. The van der Waals surface area contributed by atoms with Crippen molar-refractivity contribution in [2.24, 2.45) is 0 Å². The zero-order valence-electron chi connectivity index (χ0n) is 10.5. The van der Waals surface area contributed by atoms with Gasteiger partial charge in [-0.1, -0.05) is 42.0 Å². The van der Waals surface area contributed by atoms with Crippen LogP contribution in [0.2, 0.25) is 0 Å². The molecule has 1 aliphatic carbocycles. The predicted molar refractivity (Wildman–Crippen MR) is 75.3 cm³/mol. The molecule has 1 aromatic heterocycles. The molecule has 1 nitrogen and oxygen atoms in total. The highest BCUT2D eigenvalue weighted by Gasteiger charge is 2.09. The fraction of sp³-hybridized carbons (Fsp3) is 0.235. The minimum atomic E-state index is 1.08. The van der Waals surface area contributed by atoms with Gasteiger partial charge in [0.05, 0.1) is 5.69 Å². The fourth-order valence-corrected chi connectivity index (χ4v) is 2.38. The quantitative estimate of drug-likeness (QED) is 0.716. The standard InChI is InChI=1S/C17H17N/c1-2-9-16(17-10-3-4-13-18-17)15(8-1)12-11-14-6-5-7-14/h1-4,6,8-10,13H,5,7,11-12H2. The van der Waals surface area contributed by atoms with E-state index in [2.05, 4.69) is 41.4 Å². The van der Waals surface area contributed by atoms with Crippen LogP contribution in [0.1, 0.15) is 24.8 Å². The molecule has 0 saturated carbocycles. The molecule has 3 rings (SSSR count). The van der Waals surface area contributed by atoms with Crippen LogP contribution >= 0.6 is 0 Å². The number of benzene rings is 1. The van der Waals surface area contributed by atoms with E-state index < -0.39 is 0 Å². The van der Waals surface area contributed by atoms with Gasteiger partial charge in [0.1, 0.15) is 0 Å². The molecule has 0 spiro atoms. The third-order valence-corrected chi connectivity index (χ3v) is 3.57. The van der Waals surface area contributed by atoms with E-state index in [0.717, 1.165) is 12.1 Å². The van der Waals surface area contributed by atoms with Crippen LogP contribution < -0.4 is 0 Å². The number of pyridine rings is 1. The van der Waals surface area contributed by atoms with Gasteiger partial charge in [-0.2, -0.15) is 0 Å². The van der Waals surface area contributed by atoms with Crippen LogP contribution in [0.4, 0.5) is 0 Å². The average Bonchev–Trinajstić information content (AvgIpc) is 2.39. The molecule has 90 valence electrons. The van der Waals surface area contributed by atoms with Crippen LogP contribution in [0, 0.1) is 0 Å². The van der Waals surface area contributed by atoms with Crippen LogP contribution in [-0.4, -0.2) is 4.98 Å². The summed E-state index contributed by atoms with van der Waals surface area (Å²) >= 11 is 0. The summed E-state index contributed by atoms with van der Waals surface area (Å²) in [5.74, 6) is 0. The first-order chi connectivity index (χ1) is 8.93. The van der Waals surface area contributed by atoms with E-state index in [9.17, 15) is 0 Å². The molecule has 0 N–H and O–H groups in total. The largest absolute Gasteiger partial charge is 0.256 e. The minimum absolute atomic E-state index is 1.08. The minimum Gasteiger partial charge on any atom is -0.256 e. The van der Waals surface area contributed by atoms with Gasteiger partial charge in [0.15, 0.2) is 0 Å². The van der Waals surface area contributed by atoms with E-state index in [1.807, 2.05) is 18.3 Å². The van der Waals surface area contributed by atoms with Crippen LogP contribution in [0.5, 0.6) is 0 Å². The zero-order chi connectivity index (χ0) is 12.2. The van der Waals surface area contributed by atoms with Crippen molar-refractivity contribution in [3.63, 3.8) is 0 Å². The van der Waals surface area contributed by atoms with E-state index in [1.165, 1.54) is 30.4 Å². The van der Waals surface area contributed by atoms with Gasteiger partial charge >= 0.3 is 0 Å². The smallest absolute Gasteiger partial charge is 0.0704 e. The van der Waals surface area contributed by atoms with Gasteiger partial charge in [0.25, 0.3) is 0 Å². The molecule has 0 radical (unpaired) electrons. The van der Waals surface area contributed by atoms with E-state index in [4.69, 9.17) is 0 Å². The summed E-state index contributed by atoms with van der Waals surface area (Å²) in [7, 11) is 0. The highest BCUT2D eigenvalue weighted by molar-refractivity contribution is 5.63. The first kappa shape index (κ1) is 11.2. The predicted octanol–water partition coefficient (Wildman–Crippen LogP) is 4.40. The maximum atomic E-state index is 4.46. The van der Waals surface area contributed by atoms with Gasteiger partial charge < -0.3 is 0 Å². The summed E-state index contributed by atoms with van der Waals surface area (Å²) in [5, 5.41) is 0. The van der Waals surface area contributed by atoms with Gasteiger partial charge in [0.2, 0.25) is 0 Å². The number of hydrogen-bond donors (Lipinski definition) is 0. The lowest BCUT2D eigenvalue weighted by molar-refractivity contribution is 0.777. The summed E-state index contributed by atoms with van der Waals surface area (Å²) < 4.78 is 0. The van der Waals surface area contributed by atoms with Crippen molar-refractivity contribution in [1.29, 1.82) is 0 Å². The second-order valence-electron chi connectivity index (χ2n) is 4.77. The van der Waals surface area contributed by atoms with E-state index >= 15 is 0 Å². The Balaban J connectivity index is 1.85. The molecule has 0 fully saturated rings. The maximum absolute atomic E-state index is 4.46. The summed E-state index contributed by atoms with van der Waals surface area (Å²) in [6.45, 7) is 0. The van der Waals surface area contributed by atoms with Crippen molar-refractivity contribution in [2.45, 2.75) is 25.7 Å². The number of aryl methyl sites for hydroxylation is 1. The Morgan fingerprint density at radius 1 is 0.944 bits per heavy atom. The van der Waals surface area contributed by atoms with Crippen LogP contribution in [-0.2, 0) is 6.42 Å². The maximum Gasteiger partial charge on any atom is 0.0704 e. The van der Waals surface area contributed by atoms with Crippen LogP contribution in [0.3, 0.4) is 0 Å². The van der Waals surface area contributed by atoms with Crippen molar-refractivity contribution < 1.29 is 0 Å². The van der Waals surface area contributed by atoms with E-state index in [1.54, 1.807) is 5.57 Å². The molecule has 1 heteroatoms. The van der Waals surface area contributed by atoms with Gasteiger partial charge in [-0.3, -0.25) is 4.98 Å². The molecule has 0 unspecified atom stereocenters. The molecule has 0 amide bonds. The Morgan fingerprint density at radius 3 is 2.50 bits per heavy atom. The molecule has 2 aromatic rings. The van der Waals surface area contributed by atoms with Crippen molar-refractivity contribution in [1.82, 2.24) is 4.98 Å². The fourth-order valence-electron chi connectivity index (χ4n) is 2.38. The Hall–Kier alpha value is -1.89. The Labute approximate surface area is 108 Å². The molecular weight excluding hydrogens is 218 g/mol. The number of allylic oxidation sites excluding steroid dienone is 2. The van der Waals surface area contributed by atoms with Gasteiger partial charge in [0, 0.05) is 11.8 Å². The summed E-state index contributed by atoms with van der Waals surface area (Å²) in [5.41, 5.74) is 5.38. The second kappa shape index (κ2) is 5.18. The van der Waals surface area contributed by atoms with Crippen LogP contribution in [0.25, 0.3) is 11.3 Å². The monoisotopic (exact) mass is 235 g/mol.